The van der Waals surface area contributed by atoms with Crippen molar-refractivity contribution in [2.75, 3.05) is 33.9 Å². The predicted octanol–water partition coefficient (Wildman–Crippen LogP) is 4.09. The van der Waals surface area contributed by atoms with Gasteiger partial charge in [0.25, 0.3) is 0 Å². The van der Waals surface area contributed by atoms with Crippen LogP contribution >= 0.6 is 0 Å². The Kier molecular flexibility index (Phi) is 9.42. The Morgan fingerprint density at radius 3 is 2.29 bits per heavy atom. The molecular formula is C28H36N2O4. The van der Waals surface area contributed by atoms with E-state index in [0.717, 1.165) is 0 Å². The molecule has 0 spiro atoms. The van der Waals surface area contributed by atoms with E-state index < -0.39 is 5.92 Å². The molecule has 0 amide bonds. The fourth-order valence-corrected chi connectivity index (χ4v) is 5.09. The lowest BCUT2D eigenvalue weighted by molar-refractivity contribution is -0.157. The molecule has 0 N–H and O–H groups in total. The first kappa shape index (κ1) is 25.7. The highest BCUT2D eigenvalue weighted by Gasteiger charge is 2.46. The smallest absolute Gasteiger partial charge is 0.310 e. The number of methoxy groups -OCH3 is 2. The van der Waals surface area contributed by atoms with Crippen molar-refractivity contribution in [3.63, 3.8) is 0 Å². The van der Waals surface area contributed by atoms with Crippen molar-refractivity contribution >= 4 is 11.9 Å². The number of piperidine rings is 1. The highest BCUT2D eigenvalue weighted by atomic mass is 16.5. The highest BCUT2D eigenvalue weighted by molar-refractivity contribution is 5.76. The molecule has 1 aliphatic rings. The van der Waals surface area contributed by atoms with E-state index in [-0.39, 0.29) is 36.4 Å². The van der Waals surface area contributed by atoms with Crippen LogP contribution in [-0.4, -0.2) is 61.6 Å². The first-order valence-corrected chi connectivity index (χ1v) is 11.8. The molecule has 1 fully saturated rings. The largest absolute Gasteiger partial charge is 0.469 e. The van der Waals surface area contributed by atoms with Crippen molar-refractivity contribution < 1.29 is 19.1 Å². The van der Waals surface area contributed by atoms with Crippen molar-refractivity contribution in [2.45, 2.75) is 32.0 Å². The van der Waals surface area contributed by atoms with Crippen LogP contribution in [0.4, 0.5) is 0 Å². The lowest BCUT2D eigenvalue weighted by Crippen LogP contribution is -2.59. The van der Waals surface area contributed by atoms with E-state index >= 15 is 0 Å². The zero-order valence-electron chi connectivity index (χ0n) is 20.4. The molecule has 0 unspecified atom stereocenters. The third-order valence-corrected chi connectivity index (χ3v) is 6.79. The van der Waals surface area contributed by atoms with Crippen molar-refractivity contribution in [2.24, 2.45) is 11.8 Å². The van der Waals surface area contributed by atoms with Gasteiger partial charge in [0.05, 0.1) is 26.6 Å². The number of benzene rings is 2. The molecular weight excluding hydrogens is 428 g/mol. The minimum absolute atomic E-state index is 0.0426. The molecule has 6 heteroatoms. The molecule has 34 heavy (non-hydrogen) atoms. The quantitative estimate of drug-likeness (QED) is 0.390. The predicted molar refractivity (Wildman–Crippen MR) is 133 cm³/mol. The summed E-state index contributed by atoms with van der Waals surface area (Å²) in [5, 5.41) is 0. The summed E-state index contributed by atoms with van der Waals surface area (Å²) < 4.78 is 10.3. The van der Waals surface area contributed by atoms with Crippen molar-refractivity contribution in [1.82, 2.24) is 9.80 Å². The Bertz CT molecular complexity index is 934. The average Bonchev–Trinajstić information content (AvgIpc) is 2.87. The van der Waals surface area contributed by atoms with E-state index in [2.05, 4.69) is 47.6 Å². The standard InChI is InChI=1S/C28H36N2O4/c1-5-16-29-19-24(17-26(31)33-3)27(28(32)34-4)25(20-29)30(18-22-12-8-6-9-13-22)21(2)23-14-10-7-11-15-23/h5-15,21,24-25,27H,1,16-20H2,2-4H3/t21-,24+,25-,27-/m0/s1. The van der Waals surface area contributed by atoms with Crippen molar-refractivity contribution in [3.8, 4) is 0 Å². The van der Waals surface area contributed by atoms with Gasteiger partial charge in [-0.25, -0.2) is 0 Å². The molecule has 0 bridgehead atoms. The number of carbonyl (C=O) groups is 2. The summed E-state index contributed by atoms with van der Waals surface area (Å²) >= 11 is 0. The van der Waals surface area contributed by atoms with Gasteiger partial charge in [0.2, 0.25) is 0 Å². The van der Waals surface area contributed by atoms with Crippen LogP contribution in [-0.2, 0) is 25.6 Å². The second-order valence-electron chi connectivity index (χ2n) is 8.91. The Morgan fingerprint density at radius 2 is 1.71 bits per heavy atom. The van der Waals surface area contributed by atoms with Crippen LogP contribution in [0.25, 0.3) is 0 Å². The van der Waals surface area contributed by atoms with E-state index in [1.54, 1.807) is 0 Å². The van der Waals surface area contributed by atoms with Crippen molar-refractivity contribution in [1.29, 1.82) is 0 Å². The summed E-state index contributed by atoms with van der Waals surface area (Å²) in [4.78, 5) is 30.1. The van der Waals surface area contributed by atoms with E-state index in [9.17, 15) is 9.59 Å². The van der Waals surface area contributed by atoms with Crippen LogP contribution in [0, 0.1) is 11.8 Å². The molecule has 1 saturated heterocycles. The molecule has 0 radical (unpaired) electrons. The fourth-order valence-electron chi connectivity index (χ4n) is 5.09. The van der Waals surface area contributed by atoms with Gasteiger partial charge in [-0.3, -0.25) is 19.4 Å². The number of likely N-dealkylation sites (tertiary alicyclic amines) is 1. The van der Waals surface area contributed by atoms with Gasteiger partial charge in [-0.1, -0.05) is 66.7 Å². The van der Waals surface area contributed by atoms with E-state index in [0.29, 0.717) is 26.2 Å². The van der Waals surface area contributed by atoms with Gasteiger partial charge >= 0.3 is 11.9 Å². The van der Waals surface area contributed by atoms with E-state index in [4.69, 9.17) is 9.47 Å². The third kappa shape index (κ3) is 6.33. The molecule has 3 rings (SSSR count). The monoisotopic (exact) mass is 464 g/mol. The zero-order valence-corrected chi connectivity index (χ0v) is 20.4. The number of ether oxygens (including phenoxy) is 2. The maximum absolute atomic E-state index is 13.2. The Balaban J connectivity index is 2.05. The number of hydrogen-bond donors (Lipinski definition) is 0. The number of hydrogen-bond acceptors (Lipinski definition) is 6. The average molecular weight is 465 g/mol. The zero-order chi connectivity index (χ0) is 24.5. The second-order valence-corrected chi connectivity index (χ2v) is 8.91. The van der Waals surface area contributed by atoms with Gasteiger partial charge in [-0.2, -0.15) is 0 Å². The first-order chi connectivity index (χ1) is 16.5. The lowest BCUT2D eigenvalue weighted by Gasteiger charge is -2.48. The van der Waals surface area contributed by atoms with Crippen LogP contribution in [0.15, 0.2) is 73.3 Å². The minimum atomic E-state index is -0.458. The molecule has 1 heterocycles. The molecule has 2 aromatic carbocycles. The minimum Gasteiger partial charge on any atom is -0.469 e. The van der Waals surface area contributed by atoms with Gasteiger partial charge in [-0.05, 0) is 24.0 Å². The summed E-state index contributed by atoms with van der Waals surface area (Å²) in [5.74, 6) is -1.28. The Morgan fingerprint density at radius 1 is 1.06 bits per heavy atom. The van der Waals surface area contributed by atoms with Gasteiger partial charge in [0.1, 0.15) is 0 Å². The van der Waals surface area contributed by atoms with Gasteiger partial charge in [-0.15, -0.1) is 6.58 Å². The summed E-state index contributed by atoms with van der Waals surface area (Å²) in [6.07, 6.45) is 2.03. The third-order valence-electron chi connectivity index (χ3n) is 6.79. The molecule has 0 aromatic heterocycles. The molecule has 6 nitrogen and oxygen atoms in total. The van der Waals surface area contributed by atoms with Crippen molar-refractivity contribution in [3.05, 3.63) is 84.4 Å². The fraction of sp³-hybridized carbons (Fsp3) is 0.429. The first-order valence-electron chi connectivity index (χ1n) is 11.8. The Labute approximate surface area is 203 Å². The maximum Gasteiger partial charge on any atom is 0.310 e. The van der Waals surface area contributed by atoms with Crippen LogP contribution < -0.4 is 0 Å². The lowest BCUT2D eigenvalue weighted by atomic mass is 9.78. The molecule has 0 aliphatic carbocycles. The molecule has 1 aliphatic heterocycles. The second kappa shape index (κ2) is 12.5. The Hall–Kier alpha value is -2.96. The van der Waals surface area contributed by atoms with E-state index in [1.807, 2.05) is 42.5 Å². The molecule has 0 saturated carbocycles. The van der Waals surface area contributed by atoms with Gasteiger partial charge in [0.15, 0.2) is 0 Å². The molecule has 4 atom stereocenters. The van der Waals surface area contributed by atoms with Gasteiger partial charge < -0.3 is 9.47 Å². The number of nitrogens with zero attached hydrogens (tertiary/aromatic N) is 2. The molecule has 182 valence electrons. The van der Waals surface area contributed by atoms with Gasteiger partial charge in [0, 0.05) is 38.3 Å². The number of rotatable bonds is 10. The molecule has 2 aromatic rings. The summed E-state index contributed by atoms with van der Waals surface area (Å²) in [5.41, 5.74) is 2.34. The normalized spacial score (nSPS) is 21.6. The maximum atomic E-state index is 13.2. The van der Waals surface area contributed by atoms with Crippen LogP contribution in [0.2, 0.25) is 0 Å². The van der Waals surface area contributed by atoms with Crippen LogP contribution in [0.3, 0.4) is 0 Å². The number of carbonyl (C=O) groups excluding carboxylic acids is 2. The topological polar surface area (TPSA) is 59.1 Å². The SMILES string of the molecule is C=CCN1C[C@@H](CC(=O)OC)[C@H](C(=O)OC)[C@@H](N(Cc2ccccc2)[C@@H](C)c2ccccc2)C1. The number of esters is 2. The summed E-state index contributed by atoms with van der Waals surface area (Å²) in [6, 6.07) is 20.5. The van der Waals surface area contributed by atoms with E-state index in [1.165, 1.54) is 25.3 Å². The van der Waals surface area contributed by atoms with Crippen LogP contribution in [0.5, 0.6) is 0 Å². The summed E-state index contributed by atoms with van der Waals surface area (Å²) in [7, 11) is 2.81. The van der Waals surface area contributed by atoms with Crippen LogP contribution in [0.1, 0.15) is 30.5 Å². The summed E-state index contributed by atoms with van der Waals surface area (Å²) in [6.45, 7) is 8.72. The highest BCUT2D eigenvalue weighted by Crippen LogP contribution is 2.36.